The topological polar surface area (TPSA) is 46.2 Å². The Bertz CT molecular complexity index is 393. The summed E-state index contributed by atoms with van der Waals surface area (Å²) < 4.78 is 37.8. The van der Waals surface area contributed by atoms with E-state index >= 15 is 0 Å². The van der Waals surface area contributed by atoms with Gasteiger partial charge in [-0.15, -0.1) is 11.8 Å². The fourth-order valence-corrected chi connectivity index (χ4v) is 2.13. The summed E-state index contributed by atoms with van der Waals surface area (Å²) >= 11 is 1.19. The predicted octanol–water partition coefficient (Wildman–Crippen LogP) is 3.15. The smallest absolute Gasteiger partial charge is 0.398 e. The third-order valence-corrected chi connectivity index (χ3v) is 3.62. The molecule has 1 aromatic carbocycles. The SMILES string of the molecule is CC(O)C(C)Sc1ccc(N)c(C(F)(F)F)c1. The molecule has 0 aromatic heterocycles. The molecule has 1 rings (SSSR count). The van der Waals surface area contributed by atoms with E-state index in [4.69, 9.17) is 5.73 Å². The van der Waals surface area contributed by atoms with Crippen LogP contribution in [0.25, 0.3) is 0 Å². The van der Waals surface area contributed by atoms with Crippen molar-refractivity contribution in [1.29, 1.82) is 0 Å². The molecule has 0 bridgehead atoms. The van der Waals surface area contributed by atoms with Gasteiger partial charge in [0.25, 0.3) is 0 Å². The van der Waals surface area contributed by atoms with Crippen LogP contribution in [0, 0.1) is 0 Å². The molecule has 17 heavy (non-hydrogen) atoms. The number of alkyl halides is 3. The molecule has 0 aliphatic carbocycles. The van der Waals surface area contributed by atoms with Crippen LogP contribution >= 0.6 is 11.8 Å². The van der Waals surface area contributed by atoms with E-state index in [1.807, 2.05) is 0 Å². The van der Waals surface area contributed by atoms with Crippen molar-refractivity contribution in [2.24, 2.45) is 0 Å². The van der Waals surface area contributed by atoms with Gasteiger partial charge in [-0.25, -0.2) is 0 Å². The summed E-state index contributed by atoms with van der Waals surface area (Å²) in [4.78, 5) is 0.444. The first-order valence-electron chi connectivity index (χ1n) is 5.03. The Hall–Kier alpha value is -0.880. The van der Waals surface area contributed by atoms with E-state index < -0.39 is 17.8 Å². The average molecular weight is 265 g/mol. The number of thioether (sulfide) groups is 1. The van der Waals surface area contributed by atoms with Crippen molar-refractivity contribution in [1.82, 2.24) is 0 Å². The van der Waals surface area contributed by atoms with Gasteiger partial charge in [-0.05, 0) is 25.1 Å². The monoisotopic (exact) mass is 265 g/mol. The molecule has 2 unspecified atom stereocenters. The van der Waals surface area contributed by atoms with Crippen LogP contribution in [-0.4, -0.2) is 16.5 Å². The quantitative estimate of drug-likeness (QED) is 0.652. The minimum Gasteiger partial charge on any atom is -0.398 e. The standard InChI is InChI=1S/C11H14F3NOS/c1-6(16)7(2)17-8-3-4-10(15)9(5-8)11(12,13)14/h3-7,16H,15H2,1-2H3. The van der Waals surface area contributed by atoms with Crippen LogP contribution in [0.4, 0.5) is 18.9 Å². The first-order valence-corrected chi connectivity index (χ1v) is 5.91. The lowest BCUT2D eigenvalue weighted by Gasteiger charge is -2.16. The molecule has 2 nitrogen and oxygen atoms in total. The lowest BCUT2D eigenvalue weighted by molar-refractivity contribution is -0.137. The van der Waals surface area contributed by atoms with Crippen molar-refractivity contribution >= 4 is 17.4 Å². The van der Waals surface area contributed by atoms with Crippen molar-refractivity contribution in [2.45, 2.75) is 36.3 Å². The highest BCUT2D eigenvalue weighted by atomic mass is 32.2. The molecule has 1 aromatic rings. The fraction of sp³-hybridized carbons (Fsp3) is 0.455. The van der Waals surface area contributed by atoms with Crippen LogP contribution in [0.2, 0.25) is 0 Å². The van der Waals surface area contributed by atoms with Gasteiger partial charge in [-0.1, -0.05) is 6.92 Å². The molecule has 0 aliphatic rings. The third-order valence-electron chi connectivity index (χ3n) is 2.33. The molecular formula is C11H14F3NOS. The molecule has 0 aliphatic heterocycles. The Kier molecular flexibility index (Phi) is 4.32. The molecule has 0 saturated heterocycles. The molecule has 0 radical (unpaired) electrons. The van der Waals surface area contributed by atoms with Crippen LogP contribution in [0.15, 0.2) is 23.1 Å². The van der Waals surface area contributed by atoms with Gasteiger partial charge >= 0.3 is 6.18 Å². The molecule has 6 heteroatoms. The number of anilines is 1. The summed E-state index contributed by atoms with van der Waals surface area (Å²) in [6.07, 6.45) is -5.04. The normalized spacial score (nSPS) is 15.6. The highest BCUT2D eigenvalue weighted by molar-refractivity contribution is 8.00. The van der Waals surface area contributed by atoms with Crippen LogP contribution in [0.1, 0.15) is 19.4 Å². The minimum absolute atomic E-state index is 0.181. The number of aliphatic hydroxyl groups excluding tert-OH is 1. The second-order valence-corrected chi connectivity index (χ2v) is 5.26. The zero-order valence-corrected chi connectivity index (χ0v) is 10.3. The number of rotatable bonds is 3. The highest BCUT2D eigenvalue weighted by Crippen LogP contribution is 2.37. The minimum atomic E-state index is -4.45. The number of aliphatic hydroxyl groups is 1. The van der Waals surface area contributed by atoms with E-state index in [0.29, 0.717) is 4.90 Å². The van der Waals surface area contributed by atoms with E-state index in [-0.39, 0.29) is 10.9 Å². The summed E-state index contributed by atoms with van der Waals surface area (Å²) in [7, 11) is 0. The Labute approximate surface area is 102 Å². The van der Waals surface area contributed by atoms with E-state index in [1.165, 1.54) is 23.9 Å². The average Bonchev–Trinajstić information content (AvgIpc) is 2.19. The predicted molar refractivity (Wildman–Crippen MR) is 62.9 cm³/mol. The summed E-state index contributed by atoms with van der Waals surface area (Å²) in [6.45, 7) is 3.35. The van der Waals surface area contributed by atoms with E-state index in [1.54, 1.807) is 13.8 Å². The van der Waals surface area contributed by atoms with Gasteiger partial charge in [-0.3, -0.25) is 0 Å². The number of nitrogens with two attached hydrogens (primary N) is 1. The van der Waals surface area contributed by atoms with Crippen molar-refractivity contribution in [2.75, 3.05) is 5.73 Å². The van der Waals surface area contributed by atoms with Gasteiger partial charge in [0.05, 0.1) is 11.7 Å². The van der Waals surface area contributed by atoms with Gasteiger partial charge in [0.2, 0.25) is 0 Å². The van der Waals surface area contributed by atoms with Gasteiger partial charge in [-0.2, -0.15) is 13.2 Å². The van der Waals surface area contributed by atoms with Crippen molar-refractivity contribution in [3.05, 3.63) is 23.8 Å². The number of hydrogen-bond acceptors (Lipinski definition) is 3. The molecular weight excluding hydrogens is 251 g/mol. The zero-order valence-electron chi connectivity index (χ0n) is 9.45. The maximum absolute atomic E-state index is 12.6. The largest absolute Gasteiger partial charge is 0.418 e. The molecule has 0 amide bonds. The van der Waals surface area contributed by atoms with Gasteiger partial charge < -0.3 is 10.8 Å². The molecule has 96 valence electrons. The summed E-state index contributed by atoms with van der Waals surface area (Å²) in [6, 6.07) is 3.77. The lowest BCUT2D eigenvalue weighted by Crippen LogP contribution is -2.15. The van der Waals surface area contributed by atoms with Crippen LogP contribution in [0.5, 0.6) is 0 Å². The van der Waals surface area contributed by atoms with Gasteiger partial charge in [0.1, 0.15) is 0 Å². The summed E-state index contributed by atoms with van der Waals surface area (Å²) in [5, 5.41) is 9.12. The highest BCUT2D eigenvalue weighted by Gasteiger charge is 2.33. The van der Waals surface area contributed by atoms with E-state index in [2.05, 4.69) is 0 Å². The molecule has 0 heterocycles. The number of halogens is 3. The third kappa shape index (κ3) is 3.81. The molecule has 0 saturated carbocycles. The fourth-order valence-electron chi connectivity index (χ4n) is 1.17. The molecule has 0 spiro atoms. The van der Waals surface area contributed by atoms with Gasteiger partial charge in [0, 0.05) is 15.8 Å². The Morgan fingerprint density at radius 3 is 2.35 bits per heavy atom. The zero-order chi connectivity index (χ0) is 13.2. The number of nitrogen functional groups attached to an aromatic ring is 1. The van der Waals surface area contributed by atoms with Crippen LogP contribution in [0.3, 0.4) is 0 Å². The molecule has 2 atom stereocenters. The van der Waals surface area contributed by atoms with E-state index in [0.717, 1.165) is 6.07 Å². The van der Waals surface area contributed by atoms with E-state index in [9.17, 15) is 18.3 Å². The Balaban J connectivity index is 2.97. The van der Waals surface area contributed by atoms with Crippen molar-refractivity contribution < 1.29 is 18.3 Å². The lowest BCUT2D eigenvalue weighted by atomic mass is 10.2. The first-order chi connectivity index (χ1) is 7.71. The van der Waals surface area contributed by atoms with Crippen LogP contribution in [-0.2, 0) is 6.18 Å². The Morgan fingerprint density at radius 1 is 1.29 bits per heavy atom. The first kappa shape index (κ1) is 14.2. The summed E-state index contributed by atoms with van der Waals surface area (Å²) in [5.74, 6) is 0. The molecule has 0 fully saturated rings. The maximum atomic E-state index is 12.6. The number of hydrogen-bond donors (Lipinski definition) is 2. The van der Waals surface area contributed by atoms with Crippen LogP contribution < -0.4 is 5.73 Å². The van der Waals surface area contributed by atoms with Crippen molar-refractivity contribution in [3.63, 3.8) is 0 Å². The Morgan fingerprint density at radius 2 is 1.88 bits per heavy atom. The maximum Gasteiger partial charge on any atom is 0.418 e. The number of benzene rings is 1. The second-order valence-electron chi connectivity index (χ2n) is 3.81. The van der Waals surface area contributed by atoms with Gasteiger partial charge in [0.15, 0.2) is 0 Å². The van der Waals surface area contributed by atoms with Crippen molar-refractivity contribution in [3.8, 4) is 0 Å². The molecule has 3 N–H and O–H groups in total. The second kappa shape index (κ2) is 5.18. The summed E-state index contributed by atoms with van der Waals surface area (Å²) in [5.41, 5.74) is 4.17.